The first-order valence-corrected chi connectivity index (χ1v) is 11.7. The second-order valence-corrected chi connectivity index (χ2v) is 9.85. The fraction of sp³-hybridized carbons (Fsp3) is 0.346. The first-order valence-electron chi connectivity index (χ1n) is 11.7. The smallest absolute Gasteiger partial charge is 0.257 e. The number of anilines is 1. The molecule has 7 nitrogen and oxygen atoms in total. The standard InChI is InChI=1S/C26H24FN5O2/c1-31(23-11-34-24-6-14(4-5-15(23)24)17-7-16(17)13-2-3-13)26(33)18-8-21-20(9-19(18)27)30-25(28)22-10-29-12-32(21)22/h4-6,8-10,12-13,16-17,23H,2-3,7,11H2,1H3,(H2,28,30)/t16-,17?,23+/m0/s1. The minimum absolute atomic E-state index is 0.0214. The molecule has 3 heterocycles. The molecule has 4 aromatic rings. The number of likely N-dealkylation sites (N-methyl/N-ethyl adjacent to an activating group) is 1. The number of nitrogens with two attached hydrogens (primary N) is 1. The Morgan fingerprint density at radius 1 is 1.24 bits per heavy atom. The van der Waals surface area contributed by atoms with Gasteiger partial charge in [-0.1, -0.05) is 12.1 Å². The number of carbonyl (C=O) groups excluding carboxylic acids is 1. The third-order valence-corrected chi connectivity index (χ3v) is 7.77. The van der Waals surface area contributed by atoms with Gasteiger partial charge in [0.1, 0.15) is 29.5 Å². The van der Waals surface area contributed by atoms with E-state index in [4.69, 9.17) is 10.5 Å². The van der Waals surface area contributed by atoms with Gasteiger partial charge >= 0.3 is 0 Å². The summed E-state index contributed by atoms with van der Waals surface area (Å²) in [5, 5.41) is 0. The van der Waals surface area contributed by atoms with Gasteiger partial charge in [-0.25, -0.2) is 14.4 Å². The number of benzene rings is 2. The lowest BCUT2D eigenvalue weighted by molar-refractivity contribution is 0.0704. The van der Waals surface area contributed by atoms with Gasteiger partial charge in [0, 0.05) is 18.7 Å². The Morgan fingerprint density at radius 3 is 2.91 bits per heavy atom. The van der Waals surface area contributed by atoms with Crippen LogP contribution in [0.1, 0.15) is 52.7 Å². The van der Waals surface area contributed by atoms with Gasteiger partial charge in [-0.05, 0) is 54.7 Å². The highest BCUT2D eigenvalue weighted by Crippen LogP contribution is 2.59. The Hall–Kier alpha value is -3.68. The molecule has 2 fully saturated rings. The number of halogens is 1. The topological polar surface area (TPSA) is 85.8 Å². The molecule has 2 saturated carbocycles. The highest BCUT2D eigenvalue weighted by Gasteiger charge is 2.48. The van der Waals surface area contributed by atoms with Crippen LogP contribution < -0.4 is 10.5 Å². The van der Waals surface area contributed by atoms with Crippen LogP contribution in [-0.2, 0) is 0 Å². The zero-order valence-corrected chi connectivity index (χ0v) is 18.7. The van der Waals surface area contributed by atoms with Crippen molar-refractivity contribution in [3.63, 3.8) is 0 Å². The summed E-state index contributed by atoms with van der Waals surface area (Å²) >= 11 is 0. The molecule has 1 amide bonds. The SMILES string of the molecule is CN(C(=O)c1cc2c(cc1F)nc(N)c1cncn12)[C@@H]1COc2cc(C3C[C@H]3C3CC3)ccc21. The summed E-state index contributed by atoms with van der Waals surface area (Å²) in [7, 11) is 1.70. The Morgan fingerprint density at radius 2 is 2.09 bits per heavy atom. The summed E-state index contributed by atoms with van der Waals surface area (Å²) in [6.45, 7) is 0.358. The number of carbonyl (C=O) groups is 1. The number of hydrogen-bond acceptors (Lipinski definition) is 5. The lowest BCUT2D eigenvalue weighted by Crippen LogP contribution is -2.32. The van der Waals surface area contributed by atoms with Crippen LogP contribution in [-0.4, -0.2) is 38.8 Å². The maximum Gasteiger partial charge on any atom is 0.257 e. The summed E-state index contributed by atoms with van der Waals surface area (Å²) in [5.74, 6) is 2.45. The quantitative estimate of drug-likeness (QED) is 0.493. The Kier molecular flexibility index (Phi) is 4.02. The van der Waals surface area contributed by atoms with E-state index >= 15 is 4.39 Å². The maximum atomic E-state index is 15.0. The average molecular weight is 458 g/mol. The van der Waals surface area contributed by atoms with Crippen LogP contribution in [0.2, 0.25) is 0 Å². The van der Waals surface area contributed by atoms with E-state index < -0.39 is 11.7 Å². The van der Waals surface area contributed by atoms with Gasteiger partial charge < -0.3 is 15.4 Å². The van der Waals surface area contributed by atoms with Crippen molar-refractivity contribution in [1.29, 1.82) is 0 Å². The van der Waals surface area contributed by atoms with Crippen molar-refractivity contribution in [3.05, 3.63) is 65.4 Å². The molecule has 0 radical (unpaired) electrons. The molecule has 8 heteroatoms. The molecule has 172 valence electrons. The van der Waals surface area contributed by atoms with Crippen LogP contribution in [0.5, 0.6) is 5.75 Å². The lowest BCUT2D eigenvalue weighted by atomic mass is 10.0. The van der Waals surface area contributed by atoms with Crippen molar-refractivity contribution < 1.29 is 13.9 Å². The predicted octanol–water partition coefficient (Wildman–Crippen LogP) is 4.32. The molecule has 3 aliphatic rings. The summed E-state index contributed by atoms with van der Waals surface area (Å²) in [6, 6.07) is 8.89. The minimum atomic E-state index is -0.634. The first kappa shape index (κ1) is 19.8. The van der Waals surface area contributed by atoms with Crippen molar-refractivity contribution in [2.75, 3.05) is 19.4 Å². The van der Waals surface area contributed by atoms with Crippen LogP contribution in [0.25, 0.3) is 16.6 Å². The third kappa shape index (κ3) is 2.90. The van der Waals surface area contributed by atoms with Gasteiger partial charge in [0.2, 0.25) is 0 Å². The van der Waals surface area contributed by atoms with E-state index in [1.165, 1.54) is 37.0 Å². The summed E-state index contributed by atoms with van der Waals surface area (Å²) in [6.07, 6.45) is 7.20. The summed E-state index contributed by atoms with van der Waals surface area (Å²) in [4.78, 5) is 23.4. The number of rotatable bonds is 4. The van der Waals surface area contributed by atoms with Gasteiger partial charge in [-0.3, -0.25) is 9.20 Å². The van der Waals surface area contributed by atoms with Crippen molar-refractivity contribution in [1.82, 2.24) is 19.3 Å². The van der Waals surface area contributed by atoms with Gasteiger partial charge in [0.25, 0.3) is 5.91 Å². The Bertz CT molecular complexity index is 1490. The molecule has 2 N–H and O–H groups in total. The normalized spacial score (nSPS) is 23.2. The predicted molar refractivity (Wildman–Crippen MR) is 125 cm³/mol. The van der Waals surface area contributed by atoms with Crippen molar-refractivity contribution in [2.24, 2.45) is 11.8 Å². The van der Waals surface area contributed by atoms with E-state index in [2.05, 4.69) is 28.2 Å². The molecule has 2 aliphatic carbocycles. The Balaban J connectivity index is 1.20. The molecular weight excluding hydrogens is 433 g/mol. The lowest BCUT2D eigenvalue weighted by Gasteiger charge is -2.24. The number of nitrogen functional groups attached to an aromatic ring is 1. The number of aromatic nitrogens is 3. The van der Waals surface area contributed by atoms with E-state index in [0.29, 0.717) is 29.1 Å². The first-order chi connectivity index (χ1) is 16.5. The number of ether oxygens (including phenoxy) is 1. The highest BCUT2D eigenvalue weighted by atomic mass is 19.1. The monoisotopic (exact) mass is 457 g/mol. The van der Waals surface area contributed by atoms with Crippen LogP contribution in [0, 0.1) is 17.7 Å². The van der Waals surface area contributed by atoms with Gasteiger partial charge in [0.05, 0.1) is 35.2 Å². The molecule has 2 aromatic heterocycles. The number of imidazole rings is 1. The number of amides is 1. The highest BCUT2D eigenvalue weighted by molar-refractivity contribution is 5.98. The van der Waals surface area contributed by atoms with E-state index in [9.17, 15) is 4.79 Å². The van der Waals surface area contributed by atoms with Crippen molar-refractivity contribution >= 4 is 28.3 Å². The molecule has 34 heavy (non-hydrogen) atoms. The van der Waals surface area contributed by atoms with Crippen LogP contribution in [0.4, 0.5) is 10.2 Å². The molecular formula is C26H24FN5O2. The van der Waals surface area contributed by atoms with E-state index in [1.54, 1.807) is 28.9 Å². The van der Waals surface area contributed by atoms with Gasteiger partial charge in [-0.2, -0.15) is 0 Å². The molecule has 0 spiro atoms. The molecule has 2 aromatic carbocycles. The van der Waals surface area contributed by atoms with E-state index in [1.807, 2.05) is 0 Å². The number of nitrogens with zero attached hydrogens (tertiary/aromatic N) is 4. The zero-order valence-electron chi connectivity index (χ0n) is 18.7. The molecule has 3 atom stereocenters. The second-order valence-electron chi connectivity index (χ2n) is 9.85. The van der Waals surface area contributed by atoms with Crippen molar-refractivity contribution in [2.45, 2.75) is 31.2 Å². The van der Waals surface area contributed by atoms with Gasteiger partial charge in [-0.15, -0.1) is 0 Å². The molecule has 0 bridgehead atoms. The minimum Gasteiger partial charge on any atom is -0.491 e. The summed E-state index contributed by atoms with van der Waals surface area (Å²) in [5.41, 5.74) is 9.80. The molecule has 1 aliphatic heterocycles. The van der Waals surface area contributed by atoms with Gasteiger partial charge in [0.15, 0.2) is 0 Å². The largest absolute Gasteiger partial charge is 0.491 e. The zero-order chi connectivity index (χ0) is 23.1. The van der Waals surface area contributed by atoms with Crippen LogP contribution in [0.15, 0.2) is 42.9 Å². The Labute approximate surface area is 195 Å². The molecule has 1 unspecified atom stereocenters. The third-order valence-electron chi connectivity index (χ3n) is 7.77. The average Bonchev–Trinajstić information content (AvgIpc) is 3.73. The fourth-order valence-electron chi connectivity index (χ4n) is 5.60. The van der Waals surface area contributed by atoms with Crippen molar-refractivity contribution in [3.8, 4) is 5.75 Å². The fourth-order valence-corrected chi connectivity index (χ4v) is 5.60. The van der Waals surface area contributed by atoms with Crippen LogP contribution >= 0.6 is 0 Å². The second kappa shape index (κ2) is 6.91. The van der Waals surface area contributed by atoms with E-state index in [-0.39, 0.29) is 17.4 Å². The number of fused-ring (bicyclic) bond motifs is 4. The maximum absolute atomic E-state index is 15.0. The molecule has 0 saturated heterocycles. The number of hydrogen-bond donors (Lipinski definition) is 1. The molecule has 7 rings (SSSR count). The van der Waals surface area contributed by atoms with Crippen LogP contribution in [0.3, 0.4) is 0 Å². The van der Waals surface area contributed by atoms with E-state index in [0.717, 1.165) is 23.1 Å². The summed E-state index contributed by atoms with van der Waals surface area (Å²) < 4.78 is 22.7.